The van der Waals surface area contributed by atoms with Gasteiger partial charge in [-0.3, -0.25) is 20.3 Å². The number of hydrazone groups is 1. The molecule has 3 aromatic rings. The van der Waals surface area contributed by atoms with Crippen molar-refractivity contribution in [3.05, 3.63) is 94.0 Å². The minimum absolute atomic E-state index is 0.0386. The second-order valence-corrected chi connectivity index (χ2v) is 8.09. The van der Waals surface area contributed by atoms with Gasteiger partial charge in [0.05, 0.1) is 27.2 Å². The molecular formula is C21H17N5O4S. The van der Waals surface area contributed by atoms with Gasteiger partial charge in [-0.25, -0.2) is 8.42 Å². The predicted molar refractivity (Wildman–Crippen MR) is 117 cm³/mol. The van der Waals surface area contributed by atoms with Gasteiger partial charge in [-0.05, 0) is 48.9 Å². The number of nitrogens with one attached hydrogen (secondary N) is 2. The monoisotopic (exact) mass is 435 g/mol. The second kappa shape index (κ2) is 9.06. The third-order valence-electron chi connectivity index (χ3n) is 4.28. The number of benzene rings is 3. The first-order chi connectivity index (χ1) is 14.8. The summed E-state index contributed by atoms with van der Waals surface area (Å²) in [6.45, 7) is 1.70. The van der Waals surface area contributed by atoms with Gasteiger partial charge in [-0.15, -0.1) is 0 Å². The SMILES string of the molecule is CC(=NNc1ccc(S(=O)(=O)Nc2ccccc2)cc1[N+](=O)[O-])c1ccc(C#N)cc1. The lowest BCUT2D eigenvalue weighted by atomic mass is 10.1. The van der Waals surface area contributed by atoms with Crippen LogP contribution in [0, 0.1) is 21.4 Å². The molecule has 0 saturated heterocycles. The summed E-state index contributed by atoms with van der Waals surface area (Å²) in [5.41, 5.74) is 4.31. The van der Waals surface area contributed by atoms with Crippen molar-refractivity contribution in [3.8, 4) is 6.07 Å². The minimum Gasteiger partial charge on any atom is -0.280 e. The number of sulfonamides is 1. The van der Waals surface area contributed by atoms with Crippen LogP contribution < -0.4 is 10.1 Å². The van der Waals surface area contributed by atoms with Crippen LogP contribution >= 0.6 is 0 Å². The first-order valence-electron chi connectivity index (χ1n) is 8.97. The molecular weight excluding hydrogens is 418 g/mol. The number of anilines is 2. The highest BCUT2D eigenvalue weighted by molar-refractivity contribution is 7.92. The number of hydrogen-bond donors (Lipinski definition) is 2. The van der Waals surface area contributed by atoms with Crippen LogP contribution in [0.15, 0.2) is 82.8 Å². The molecule has 31 heavy (non-hydrogen) atoms. The molecule has 2 N–H and O–H groups in total. The lowest BCUT2D eigenvalue weighted by Crippen LogP contribution is -2.13. The van der Waals surface area contributed by atoms with Gasteiger partial charge < -0.3 is 0 Å². The number of nitriles is 1. The standard InChI is InChI=1S/C21H17N5O4S/c1-15(17-9-7-16(14-22)8-10-17)23-24-20-12-11-19(13-21(20)26(27)28)31(29,30)25-18-5-3-2-4-6-18/h2-13,24-25H,1H3. The average Bonchev–Trinajstić information content (AvgIpc) is 2.77. The zero-order valence-corrected chi connectivity index (χ0v) is 17.1. The minimum atomic E-state index is -4.01. The zero-order valence-electron chi connectivity index (χ0n) is 16.3. The maximum Gasteiger partial charge on any atom is 0.295 e. The van der Waals surface area contributed by atoms with E-state index in [9.17, 15) is 18.5 Å². The Labute approximate surface area is 178 Å². The Morgan fingerprint density at radius 2 is 1.74 bits per heavy atom. The molecule has 0 aliphatic rings. The van der Waals surface area contributed by atoms with Gasteiger partial charge in [-0.1, -0.05) is 30.3 Å². The van der Waals surface area contributed by atoms with Crippen LogP contribution in [-0.4, -0.2) is 19.1 Å². The highest BCUT2D eigenvalue weighted by Gasteiger charge is 2.21. The largest absolute Gasteiger partial charge is 0.295 e. The van der Waals surface area contributed by atoms with Crippen molar-refractivity contribution in [2.75, 3.05) is 10.1 Å². The van der Waals surface area contributed by atoms with E-state index < -0.39 is 20.6 Å². The molecule has 0 aromatic heterocycles. The highest BCUT2D eigenvalue weighted by atomic mass is 32.2. The number of para-hydroxylation sites is 1. The molecule has 3 rings (SSSR count). The van der Waals surface area contributed by atoms with Crippen LogP contribution in [0.25, 0.3) is 0 Å². The summed E-state index contributed by atoms with van der Waals surface area (Å²) >= 11 is 0. The van der Waals surface area contributed by atoms with Gasteiger partial charge in [0.1, 0.15) is 5.69 Å². The van der Waals surface area contributed by atoms with Gasteiger partial charge >= 0.3 is 0 Å². The van der Waals surface area contributed by atoms with Crippen molar-refractivity contribution in [1.82, 2.24) is 0 Å². The van der Waals surface area contributed by atoms with Crippen molar-refractivity contribution in [1.29, 1.82) is 5.26 Å². The quantitative estimate of drug-likeness (QED) is 0.325. The molecule has 0 aliphatic carbocycles. The van der Waals surface area contributed by atoms with E-state index in [1.54, 1.807) is 61.5 Å². The van der Waals surface area contributed by atoms with Crippen molar-refractivity contribution in [2.45, 2.75) is 11.8 Å². The highest BCUT2D eigenvalue weighted by Crippen LogP contribution is 2.28. The molecule has 0 radical (unpaired) electrons. The Kier molecular flexibility index (Phi) is 6.28. The molecule has 0 saturated carbocycles. The summed E-state index contributed by atoms with van der Waals surface area (Å²) < 4.78 is 27.6. The summed E-state index contributed by atoms with van der Waals surface area (Å²) in [7, 11) is -4.01. The number of nitrogens with zero attached hydrogens (tertiary/aromatic N) is 3. The summed E-state index contributed by atoms with van der Waals surface area (Å²) in [4.78, 5) is 10.6. The maximum absolute atomic E-state index is 12.6. The number of nitro benzene ring substituents is 1. The first-order valence-corrected chi connectivity index (χ1v) is 10.5. The van der Waals surface area contributed by atoms with Crippen molar-refractivity contribution in [2.24, 2.45) is 5.10 Å². The van der Waals surface area contributed by atoms with E-state index in [4.69, 9.17) is 5.26 Å². The smallest absolute Gasteiger partial charge is 0.280 e. The molecule has 0 heterocycles. The zero-order chi connectivity index (χ0) is 22.4. The third-order valence-corrected chi connectivity index (χ3v) is 5.66. The molecule has 156 valence electrons. The van der Waals surface area contributed by atoms with E-state index >= 15 is 0 Å². The van der Waals surface area contributed by atoms with Gasteiger partial charge in [-0.2, -0.15) is 10.4 Å². The van der Waals surface area contributed by atoms with Gasteiger partial charge in [0.25, 0.3) is 15.7 Å². The molecule has 0 bridgehead atoms. The fraction of sp³-hybridized carbons (Fsp3) is 0.0476. The lowest BCUT2D eigenvalue weighted by molar-refractivity contribution is -0.384. The summed E-state index contributed by atoms with van der Waals surface area (Å²) in [5, 5.41) is 24.5. The van der Waals surface area contributed by atoms with Crippen LogP contribution in [0.2, 0.25) is 0 Å². The van der Waals surface area contributed by atoms with Crippen LogP contribution in [-0.2, 0) is 10.0 Å². The topological polar surface area (TPSA) is 137 Å². The molecule has 0 unspecified atom stereocenters. The van der Waals surface area contributed by atoms with Crippen LogP contribution in [0.5, 0.6) is 0 Å². The Morgan fingerprint density at radius 1 is 1.06 bits per heavy atom. The van der Waals surface area contributed by atoms with E-state index in [0.29, 0.717) is 17.0 Å². The normalized spacial score (nSPS) is 11.4. The molecule has 0 aliphatic heterocycles. The first kappa shape index (κ1) is 21.5. The fourth-order valence-corrected chi connectivity index (χ4v) is 3.72. The fourth-order valence-electron chi connectivity index (χ4n) is 2.64. The van der Waals surface area contributed by atoms with Crippen molar-refractivity contribution >= 4 is 32.8 Å². The van der Waals surface area contributed by atoms with E-state index in [2.05, 4.69) is 15.2 Å². The van der Waals surface area contributed by atoms with Crippen molar-refractivity contribution in [3.63, 3.8) is 0 Å². The van der Waals surface area contributed by atoms with E-state index in [1.165, 1.54) is 12.1 Å². The van der Waals surface area contributed by atoms with E-state index in [1.807, 2.05) is 6.07 Å². The number of hydrogen-bond acceptors (Lipinski definition) is 7. The van der Waals surface area contributed by atoms with Gasteiger partial charge in [0.2, 0.25) is 0 Å². The van der Waals surface area contributed by atoms with Gasteiger partial charge in [0.15, 0.2) is 0 Å². The average molecular weight is 435 g/mol. The van der Waals surface area contributed by atoms with Crippen LogP contribution in [0.4, 0.5) is 17.1 Å². The number of rotatable bonds is 7. The molecule has 0 amide bonds. The molecule has 9 nitrogen and oxygen atoms in total. The Bertz CT molecular complexity index is 1280. The predicted octanol–water partition coefficient (Wildman–Crippen LogP) is 4.10. The Hall–Kier alpha value is -4.23. The molecule has 0 fully saturated rings. The van der Waals surface area contributed by atoms with Crippen LogP contribution in [0.1, 0.15) is 18.1 Å². The Morgan fingerprint density at radius 3 is 2.35 bits per heavy atom. The number of nitro groups is 1. The van der Waals surface area contributed by atoms with Crippen LogP contribution in [0.3, 0.4) is 0 Å². The third kappa shape index (κ3) is 5.23. The lowest BCUT2D eigenvalue weighted by Gasteiger charge is -2.10. The molecule has 10 heteroatoms. The molecule has 0 spiro atoms. The van der Waals surface area contributed by atoms with E-state index in [-0.39, 0.29) is 10.6 Å². The summed E-state index contributed by atoms with van der Waals surface area (Å²) in [5.74, 6) is 0. The van der Waals surface area contributed by atoms with Gasteiger partial charge in [0, 0.05) is 11.8 Å². The Balaban J connectivity index is 1.86. The second-order valence-electron chi connectivity index (χ2n) is 6.41. The van der Waals surface area contributed by atoms with E-state index in [0.717, 1.165) is 11.6 Å². The maximum atomic E-state index is 12.6. The molecule has 0 atom stereocenters. The van der Waals surface area contributed by atoms with Crippen molar-refractivity contribution < 1.29 is 13.3 Å². The summed E-state index contributed by atoms with van der Waals surface area (Å²) in [6, 6.07) is 20.4. The summed E-state index contributed by atoms with van der Waals surface area (Å²) in [6.07, 6.45) is 0. The molecule has 3 aromatic carbocycles.